The molecular weight excluding hydrogens is 304 g/mol. The van der Waals surface area contributed by atoms with Gasteiger partial charge in [-0.15, -0.1) is 9.81 Å². The first-order valence-corrected chi connectivity index (χ1v) is 8.13. The van der Waals surface area contributed by atoms with E-state index >= 15 is 0 Å². The van der Waals surface area contributed by atoms with Crippen LogP contribution < -0.4 is 0 Å². The summed E-state index contributed by atoms with van der Waals surface area (Å²) >= 11 is 0. The molecule has 6 heteroatoms. The van der Waals surface area contributed by atoms with Gasteiger partial charge in [0.2, 0.25) is 0 Å². The lowest BCUT2D eigenvalue weighted by molar-refractivity contribution is 0.420. The van der Waals surface area contributed by atoms with Gasteiger partial charge in [-0.1, -0.05) is 25.0 Å². The van der Waals surface area contributed by atoms with Crippen molar-refractivity contribution in [3.8, 4) is 0 Å². The van der Waals surface area contributed by atoms with E-state index in [1.807, 2.05) is 58.7 Å². The average molecular weight is 326 g/mol. The normalized spacial score (nSPS) is 19.5. The van der Waals surface area contributed by atoms with E-state index in [1.54, 1.807) is 0 Å². The van der Waals surface area contributed by atoms with Crippen molar-refractivity contribution in [2.45, 2.75) is 25.7 Å². The molecule has 0 radical (unpaired) electrons. The predicted octanol–water partition coefficient (Wildman–Crippen LogP) is 4.53. The van der Waals surface area contributed by atoms with Crippen LogP contribution in [0, 0.1) is 9.81 Å². The van der Waals surface area contributed by atoms with Gasteiger partial charge in [-0.25, -0.2) is 0 Å². The third-order valence-electron chi connectivity index (χ3n) is 3.87. The average Bonchev–Trinajstić information content (AvgIpc) is 2.61. The van der Waals surface area contributed by atoms with Crippen LogP contribution in [-0.4, -0.2) is 22.9 Å². The molecule has 6 nitrogen and oxygen atoms in total. The van der Waals surface area contributed by atoms with Crippen LogP contribution in [0.5, 0.6) is 0 Å². The molecule has 0 unspecified atom stereocenters. The van der Waals surface area contributed by atoms with E-state index < -0.39 is 0 Å². The fourth-order valence-corrected chi connectivity index (χ4v) is 2.65. The van der Waals surface area contributed by atoms with Crippen molar-refractivity contribution in [3.05, 3.63) is 82.5 Å². The number of allylic oxidation sites excluding steroid dienone is 6. The number of unbranched alkanes of at least 4 members (excludes halogenated alkanes) is 3. The van der Waals surface area contributed by atoms with Gasteiger partial charge < -0.3 is 9.80 Å². The molecule has 126 valence electrons. The number of nitrogens with zero attached hydrogens (tertiary/aromatic N) is 4. The second-order valence-corrected chi connectivity index (χ2v) is 5.52. The van der Waals surface area contributed by atoms with Crippen LogP contribution in [0.1, 0.15) is 25.7 Å². The van der Waals surface area contributed by atoms with E-state index in [4.69, 9.17) is 0 Å². The molecule has 0 N–H and O–H groups in total. The molecule has 0 amide bonds. The zero-order valence-electron chi connectivity index (χ0n) is 13.6. The van der Waals surface area contributed by atoms with Crippen molar-refractivity contribution in [3.63, 3.8) is 0 Å². The molecule has 0 aromatic heterocycles. The Morgan fingerprint density at radius 1 is 0.708 bits per heavy atom. The molecule has 0 bridgehead atoms. The van der Waals surface area contributed by atoms with Gasteiger partial charge >= 0.3 is 0 Å². The topological polar surface area (TPSA) is 65.3 Å². The highest BCUT2D eigenvalue weighted by molar-refractivity contribution is 5.28. The van der Waals surface area contributed by atoms with Crippen molar-refractivity contribution in [2.24, 2.45) is 10.4 Å². The van der Waals surface area contributed by atoms with Crippen molar-refractivity contribution >= 4 is 0 Å². The second kappa shape index (κ2) is 10.1. The third-order valence-corrected chi connectivity index (χ3v) is 3.87. The smallest absolute Gasteiger partial charge is 0.0951 e. The van der Waals surface area contributed by atoms with Crippen molar-refractivity contribution < 1.29 is 0 Å². The molecule has 24 heavy (non-hydrogen) atoms. The van der Waals surface area contributed by atoms with Crippen molar-refractivity contribution in [1.29, 1.82) is 0 Å². The summed E-state index contributed by atoms with van der Waals surface area (Å²) in [7, 11) is 0. The Bertz CT molecular complexity index is 561. The van der Waals surface area contributed by atoms with Crippen LogP contribution >= 0.6 is 0 Å². The number of hydrogen-bond donors (Lipinski definition) is 0. The van der Waals surface area contributed by atoms with Crippen molar-refractivity contribution in [1.82, 2.24) is 9.80 Å². The first-order chi connectivity index (χ1) is 11.8. The second-order valence-electron chi connectivity index (χ2n) is 5.52. The van der Waals surface area contributed by atoms with Gasteiger partial charge in [0.25, 0.3) is 0 Å². The minimum Gasteiger partial charge on any atom is -0.347 e. The lowest BCUT2D eigenvalue weighted by atomic mass is 10.1. The number of hydrogen-bond acceptors (Lipinski definition) is 6. The lowest BCUT2D eigenvalue weighted by Gasteiger charge is -2.23. The van der Waals surface area contributed by atoms with Gasteiger partial charge in [0, 0.05) is 25.5 Å². The Balaban J connectivity index is 1.65. The summed E-state index contributed by atoms with van der Waals surface area (Å²) in [5.41, 5.74) is 1.66. The van der Waals surface area contributed by atoms with E-state index in [2.05, 4.69) is 10.4 Å². The predicted molar refractivity (Wildman–Crippen MR) is 96.2 cm³/mol. The highest BCUT2D eigenvalue weighted by Crippen LogP contribution is 2.16. The molecule has 0 spiro atoms. The summed E-state index contributed by atoms with van der Waals surface area (Å²) in [6.07, 6.45) is 22.4. The first-order valence-electron chi connectivity index (χ1n) is 8.13. The van der Waals surface area contributed by atoms with Crippen LogP contribution in [0.3, 0.4) is 0 Å². The highest BCUT2D eigenvalue weighted by Gasteiger charge is 2.08. The van der Waals surface area contributed by atoms with E-state index in [-0.39, 0.29) is 0 Å². The van der Waals surface area contributed by atoms with E-state index in [0.29, 0.717) is 0 Å². The minimum absolute atomic E-state index is 0.828. The summed E-state index contributed by atoms with van der Waals surface area (Å²) < 4.78 is 0. The Hall–Kier alpha value is -2.76. The molecule has 0 atom stereocenters. The van der Waals surface area contributed by atoms with Crippen LogP contribution in [-0.2, 0) is 0 Å². The van der Waals surface area contributed by atoms with Gasteiger partial charge in [0.1, 0.15) is 0 Å². The van der Waals surface area contributed by atoms with Gasteiger partial charge in [-0.3, -0.25) is 0 Å². The van der Waals surface area contributed by atoms with Gasteiger partial charge in [0.15, 0.2) is 0 Å². The standard InChI is InChI=1S/C18H22N4O2/c23-19-15-17-9-3-7-13-21(17)11-5-1-2-6-12-22-14-8-4-10-18(22)16-20-24/h3-4,7-10,13-16H,1-2,5-6,11-12H2/b17-15-,18-16+. The minimum atomic E-state index is 0.828. The molecule has 2 heterocycles. The van der Waals surface area contributed by atoms with Crippen LogP contribution in [0.2, 0.25) is 0 Å². The van der Waals surface area contributed by atoms with Gasteiger partial charge in [0.05, 0.1) is 23.8 Å². The molecule has 2 rings (SSSR count). The number of rotatable bonds is 9. The molecule has 0 aliphatic carbocycles. The van der Waals surface area contributed by atoms with Crippen LogP contribution in [0.15, 0.2) is 83.0 Å². The fourth-order valence-electron chi connectivity index (χ4n) is 2.65. The van der Waals surface area contributed by atoms with Gasteiger partial charge in [-0.2, -0.15) is 0 Å². The molecule has 2 aliphatic heterocycles. The first kappa shape index (κ1) is 17.6. The Morgan fingerprint density at radius 3 is 1.58 bits per heavy atom. The molecular formula is C18H22N4O2. The fraction of sp³-hybridized carbons (Fsp3) is 0.333. The highest BCUT2D eigenvalue weighted by atomic mass is 16.3. The van der Waals surface area contributed by atoms with E-state index in [1.165, 1.54) is 12.4 Å². The zero-order chi connectivity index (χ0) is 17.0. The lowest BCUT2D eigenvalue weighted by Crippen LogP contribution is -2.19. The molecule has 0 saturated heterocycles. The van der Waals surface area contributed by atoms with Crippen LogP contribution in [0.25, 0.3) is 0 Å². The Kier molecular flexibility index (Phi) is 7.40. The maximum absolute atomic E-state index is 10.4. The summed E-state index contributed by atoms with van der Waals surface area (Å²) in [6, 6.07) is 0. The molecule has 2 aliphatic rings. The summed E-state index contributed by atoms with van der Waals surface area (Å²) in [5, 5.41) is 5.70. The van der Waals surface area contributed by atoms with Gasteiger partial charge in [-0.05, 0) is 47.5 Å². The quantitative estimate of drug-likeness (QED) is 0.461. The largest absolute Gasteiger partial charge is 0.347 e. The molecule has 0 fully saturated rings. The van der Waals surface area contributed by atoms with E-state index in [9.17, 15) is 9.81 Å². The SMILES string of the molecule is O=N/C=C1/C=CC=CN1CCCCCCN1C=CC=C/C1=C\N=O. The summed E-state index contributed by atoms with van der Waals surface area (Å²) in [4.78, 5) is 24.9. The molecule has 0 saturated carbocycles. The Morgan fingerprint density at radius 2 is 1.17 bits per heavy atom. The van der Waals surface area contributed by atoms with E-state index in [0.717, 1.165) is 50.2 Å². The van der Waals surface area contributed by atoms with Crippen molar-refractivity contribution in [2.75, 3.05) is 13.1 Å². The monoisotopic (exact) mass is 326 g/mol. The number of nitroso groups, excluding NO2 is 2. The summed E-state index contributed by atoms with van der Waals surface area (Å²) in [5.74, 6) is 0. The maximum Gasteiger partial charge on any atom is 0.0951 e. The third kappa shape index (κ3) is 5.46. The van der Waals surface area contributed by atoms with Crippen LogP contribution in [0.4, 0.5) is 0 Å². The molecule has 0 aromatic carbocycles. The Labute approximate surface area is 142 Å². The zero-order valence-corrected chi connectivity index (χ0v) is 13.6. The molecule has 0 aromatic rings. The summed E-state index contributed by atoms with van der Waals surface area (Å²) in [6.45, 7) is 1.74. The maximum atomic E-state index is 10.4.